The van der Waals surface area contributed by atoms with Crippen molar-refractivity contribution in [1.29, 1.82) is 0 Å². The van der Waals surface area contributed by atoms with Crippen LogP contribution >= 0.6 is 0 Å². The van der Waals surface area contributed by atoms with Crippen molar-refractivity contribution in [3.05, 3.63) is 30.3 Å². The quantitative estimate of drug-likeness (QED) is 0.616. The SMILES string of the molecule is CC(=O)O[C@]1(C)CC[C@@H]2C[C@H]1OO[C@]2(C)CS(=O)c1ccccc1. The van der Waals surface area contributed by atoms with E-state index in [1.54, 1.807) is 0 Å². The van der Waals surface area contributed by atoms with E-state index < -0.39 is 22.0 Å². The van der Waals surface area contributed by atoms with E-state index in [4.69, 9.17) is 14.5 Å². The molecule has 1 saturated heterocycles. The molecule has 132 valence electrons. The zero-order valence-electron chi connectivity index (χ0n) is 14.3. The number of esters is 1. The van der Waals surface area contributed by atoms with Gasteiger partial charge >= 0.3 is 5.97 Å². The average molecular weight is 352 g/mol. The highest BCUT2D eigenvalue weighted by molar-refractivity contribution is 7.85. The maximum atomic E-state index is 12.7. The topological polar surface area (TPSA) is 61.8 Å². The summed E-state index contributed by atoms with van der Waals surface area (Å²) in [4.78, 5) is 23.5. The molecule has 2 bridgehead atoms. The van der Waals surface area contributed by atoms with E-state index in [1.165, 1.54) is 6.92 Å². The van der Waals surface area contributed by atoms with Gasteiger partial charge in [-0.05, 0) is 51.2 Å². The fraction of sp³-hybridized carbons (Fsp3) is 0.611. The van der Waals surface area contributed by atoms with Crippen LogP contribution in [0.15, 0.2) is 35.2 Å². The van der Waals surface area contributed by atoms with Crippen LogP contribution < -0.4 is 0 Å². The highest BCUT2D eigenvalue weighted by Crippen LogP contribution is 2.47. The summed E-state index contributed by atoms with van der Waals surface area (Å²) in [5, 5.41) is 0. The van der Waals surface area contributed by atoms with Crippen molar-refractivity contribution >= 4 is 16.8 Å². The third-order valence-corrected chi connectivity index (χ3v) is 6.82. The molecule has 3 rings (SSSR count). The Morgan fingerprint density at radius 3 is 2.71 bits per heavy atom. The molecule has 24 heavy (non-hydrogen) atoms. The van der Waals surface area contributed by atoms with Crippen LogP contribution in [0.1, 0.15) is 40.0 Å². The smallest absolute Gasteiger partial charge is 0.303 e. The summed E-state index contributed by atoms with van der Waals surface area (Å²) >= 11 is 0. The van der Waals surface area contributed by atoms with Gasteiger partial charge in [0.25, 0.3) is 0 Å². The van der Waals surface area contributed by atoms with Crippen molar-refractivity contribution in [3.8, 4) is 0 Å². The minimum Gasteiger partial charge on any atom is -0.457 e. The number of hydrogen-bond donors (Lipinski definition) is 0. The lowest BCUT2D eigenvalue weighted by Crippen LogP contribution is -2.59. The van der Waals surface area contributed by atoms with Crippen LogP contribution in [0.4, 0.5) is 0 Å². The van der Waals surface area contributed by atoms with Gasteiger partial charge in [-0.15, -0.1) is 0 Å². The first-order valence-corrected chi connectivity index (χ1v) is 9.62. The first kappa shape index (κ1) is 17.6. The van der Waals surface area contributed by atoms with Crippen molar-refractivity contribution < 1.29 is 23.5 Å². The number of carbonyl (C=O) groups excluding carboxylic acids is 1. The molecule has 0 radical (unpaired) electrons. The summed E-state index contributed by atoms with van der Waals surface area (Å²) in [7, 11) is -1.15. The second-order valence-corrected chi connectivity index (χ2v) is 8.61. The van der Waals surface area contributed by atoms with Gasteiger partial charge in [0.15, 0.2) is 0 Å². The van der Waals surface area contributed by atoms with Crippen LogP contribution in [-0.2, 0) is 30.1 Å². The number of fused-ring (bicyclic) bond motifs is 2. The largest absolute Gasteiger partial charge is 0.457 e. The molecule has 5 nitrogen and oxygen atoms in total. The molecule has 0 amide bonds. The molecule has 2 fully saturated rings. The van der Waals surface area contributed by atoms with E-state index in [2.05, 4.69) is 0 Å². The fourth-order valence-corrected chi connectivity index (χ4v) is 5.11. The number of hydrogen-bond acceptors (Lipinski definition) is 5. The van der Waals surface area contributed by atoms with Crippen LogP contribution in [0.25, 0.3) is 0 Å². The molecule has 1 unspecified atom stereocenters. The van der Waals surface area contributed by atoms with E-state index in [9.17, 15) is 9.00 Å². The third-order valence-electron chi connectivity index (χ3n) is 5.19. The Balaban J connectivity index is 1.70. The second-order valence-electron chi connectivity index (χ2n) is 7.16. The number of rotatable bonds is 4. The molecule has 1 heterocycles. The molecule has 1 saturated carbocycles. The van der Waals surface area contributed by atoms with Gasteiger partial charge in [-0.25, -0.2) is 9.78 Å². The minimum absolute atomic E-state index is 0.229. The van der Waals surface area contributed by atoms with Crippen molar-refractivity contribution in [2.24, 2.45) is 5.92 Å². The van der Waals surface area contributed by atoms with Crippen LogP contribution in [0.3, 0.4) is 0 Å². The molecule has 6 heteroatoms. The Kier molecular flexibility index (Phi) is 4.82. The Hall–Kier alpha value is -1.24. The maximum Gasteiger partial charge on any atom is 0.303 e. The van der Waals surface area contributed by atoms with Crippen LogP contribution in [0.2, 0.25) is 0 Å². The maximum absolute atomic E-state index is 12.7. The molecule has 1 aromatic carbocycles. The van der Waals surface area contributed by atoms with Crippen molar-refractivity contribution in [2.75, 3.05) is 5.75 Å². The van der Waals surface area contributed by atoms with E-state index >= 15 is 0 Å². The van der Waals surface area contributed by atoms with Gasteiger partial charge in [0, 0.05) is 11.8 Å². The number of benzene rings is 1. The number of ether oxygens (including phenoxy) is 1. The molecular weight excluding hydrogens is 328 g/mol. The second kappa shape index (κ2) is 6.58. The summed E-state index contributed by atoms with van der Waals surface area (Å²) < 4.78 is 18.1. The molecule has 0 N–H and O–H groups in total. The molecule has 5 atom stereocenters. The van der Waals surface area contributed by atoms with Gasteiger partial charge in [0.1, 0.15) is 17.3 Å². The van der Waals surface area contributed by atoms with E-state index in [0.29, 0.717) is 5.75 Å². The Labute approximate surface area is 145 Å². The summed E-state index contributed by atoms with van der Waals surface area (Å²) in [6, 6.07) is 9.41. The summed E-state index contributed by atoms with van der Waals surface area (Å²) in [5.74, 6) is 0.309. The molecule has 1 aliphatic carbocycles. The highest BCUT2D eigenvalue weighted by atomic mass is 32.2. The summed E-state index contributed by atoms with van der Waals surface area (Å²) in [5.41, 5.74) is -1.25. The molecule has 0 aromatic heterocycles. The fourth-order valence-electron chi connectivity index (χ4n) is 3.68. The predicted octanol–water partition coefficient (Wildman–Crippen LogP) is 3.01. The first-order chi connectivity index (χ1) is 11.3. The van der Waals surface area contributed by atoms with Gasteiger partial charge < -0.3 is 4.74 Å². The summed E-state index contributed by atoms with van der Waals surface area (Å²) in [6.07, 6.45) is 2.04. The number of carbonyl (C=O) groups is 1. The molecule has 1 aliphatic heterocycles. The van der Waals surface area contributed by atoms with Gasteiger partial charge in [0.2, 0.25) is 0 Å². The van der Waals surface area contributed by atoms with E-state index in [-0.39, 0.29) is 18.0 Å². The standard InChI is InChI=1S/C18H24O5S/c1-13(19)21-17(2)10-9-14-11-16(17)22-23-18(14,3)12-24(20)15-7-5-4-6-8-15/h4-8,14,16H,9-12H2,1-3H3/t14-,16-,17-,18-,24?/m1/s1. The van der Waals surface area contributed by atoms with Gasteiger partial charge in [-0.1, -0.05) is 18.2 Å². The van der Waals surface area contributed by atoms with Gasteiger partial charge in [-0.2, -0.15) is 0 Å². The summed E-state index contributed by atoms with van der Waals surface area (Å²) in [6.45, 7) is 5.26. The van der Waals surface area contributed by atoms with Crippen LogP contribution in [0, 0.1) is 5.92 Å². The lowest BCUT2D eigenvalue weighted by Gasteiger charge is -2.51. The van der Waals surface area contributed by atoms with Gasteiger partial charge in [-0.3, -0.25) is 9.00 Å². The molecule has 1 aromatic rings. The average Bonchev–Trinajstić information content (AvgIpc) is 2.53. The van der Waals surface area contributed by atoms with Crippen LogP contribution in [0.5, 0.6) is 0 Å². The Morgan fingerprint density at radius 2 is 2.04 bits per heavy atom. The van der Waals surface area contributed by atoms with Crippen molar-refractivity contribution in [3.63, 3.8) is 0 Å². The Morgan fingerprint density at radius 1 is 1.33 bits per heavy atom. The van der Waals surface area contributed by atoms with Gasteiger partial charge in [0.05, 0.1) is 16.6 Å². The van der Waals surface area contributed by atoms with Crippen LogP contribution in [-0.4, -0.2) is 33.2 Å². The normalized spacial score (nSPS) is 36.8. The van der Waals surface area contributed by atoms with Crippen molar-refractivity contribution in [1.82, 2.24) is 0 Å². The zero-order chi connectivity index (χ0) is 17.4. The minimum atomic E-state index is -1.15. The predicted molar refractivity (Wildman–Crippen MR) is 89.6 cm³/mol. The lowest BCUT2D eigenvalue weighted by molar-refractivity contribution is -0.441. The molecular formula is C18H24O5S. The first-order valence-electron chi connectivity index (χ1n) is 8.30. The molecule has 0 spiro atoms. The van der Waals surface area contributed by atoms with E-state index in [0.717, 1.165) is 24.2 Å². The zero-order valence-corrected chi connectivity index (χ0v) is 15.1. The lowest BCUT2D eigenvalue weighted by atomic mass is 9.71. The van der Waals surface area contributed by atoms with E-state index in [1.807, 2.05) is 44.2 Å². The molecule has 2 aliphatic rings. The third kappa shape index (κ3) is 3.41. The monoisotopic (exact) mass is 352 g/mol. The Bertz CT molecular complexity index is 634. The van der Waals surface area contributed by atoms with Crippen molar-refractivity contribution in [2.45, 2.75) is 62.2 Å². The highest BCUT2D eigenvalue weighted by Gasteiger charge is 2.54.